The molecule has 0 saturated carbocycles. The third kappa shape index (κ3) is 4.49. The number of hydrogen-bond donors (Lipinski definition) is 2. The number of rotatable bonds is 3. The van der Waals surface area contributed by atoms with Gasteiger partial charge >= 0.3 is 0 Å². The number of hydrogen-bond acceptors (Lipinski definition) is 3. The van der Waals surface area contributed by atoms with E-state index in [2.05, 4.69) is 10.2 Å². The van der Waals surface area contributed by atoms with E-state index in [0.29, 0.717) is 0 Å². The number of carbonyl (C=O) groups is 1. The first-order chi connectivity index (χ1) is 8.66. The summed E-state index contributed by atoms with van der Waals surface area (Å²) in [6.07, 6.45) is 2.13. The number of nitrogens with zero attached hydrogens (tertiary/aromatic N) is 1. The van der Waals surface area contributed by atoms with Crippen LogP contribution in [-0.2, 0) is 4.79 Å². The molecule has 0 spiro atoms. The highest BCUT2D eigenvalue weighted by Gasteiger charge is 2.25. The third-order valence-electron chi connectivity index (χ3n) is 3.46. The molecular weight excluding hydrogens is 262 g/mol. The van der Waals surface area contributed by atoms with Crippen LogP contribution in [0.15, 0.2) is 30.3 Å². The van der Waals surface area contributed by atoms with Crippen LogP contribution in [0.5, 0.6) is 0 Å². The van der Waals surface area contributed by atoms with Gasteiger partial charge in [0, 0.05) is 18.3 Å². The zero-order valence-corrected chi connectivity index (χ0v) is 12.0. The van der Waals surface area contributed by atoms with E-state index in [-0.39, 0.29) is 30.4 Å². The molecule has 1 saturated heterocycles. The average Bonchev–Trinajstić information content (AvgIpc) is 2.39. The molecule has 5 heteroatoms. The summed E-state index contributed by atoms with van der Waals surface area (Å²) in [5.74, 6) is 0.0373. The number of carbonyl (C=O) groups excluding carboxylic acids is 1. The molecule has 1 heterocycles. The Balaban J connectivity index is 0.00000180. The Bertz CT molecular complexity index is 399. The first-order valence-electron chi connectivity index (χ1n) is 6.52. The fourth-order valence-electron chi connectivity index (χ4n) is 2.33. The molecule has 2 rings (SSSR count). The van der Waals surface area contributed by atoms with E-state index in [4.69, 9.17) is 5.73 Å². The standard InChI is InChI=1S/C14H21N3O.ClH/c1-11(17-9-5-6-12(15)10-17)14(18)16-13-7-3-2-4-8-13;/h2-4,7-8,11-12H,5-6,9-10,15H2,1H3,(H,16,18);1H. The molecule has 0 radical (unpaired) electrons. The van der Waals surface area contributed by atoms with Crippen molar-refractivity contribution < 1.29 is 4.79 Å². The van der Waals surface area contributed by atoms with Gasteiger partial charge in [0.05, 0.1) is 6.04 Å². The first kappa shape index (κ1) is 16.0. The molecule has 0 aliphatic carbocycles. The molecule has 1 aliphatic heterocycles. The van der Waals surface area contributed by atoms with Crippen LogP contribution in [0, 0.1) is 0 Å². The van der Waals surface area contributed by atoms with Gasteiger partial charge in [-0.1, -0.05) is 18.2 Å². The van der Waals surface area contributed by atoms with Gasteiger partial charge in [-0.3, -0.25) is 9.69 Å². The molecule has 1 aromatic rings. The lowest BCUT2D eigenvalue weighted by Crippen LogP contribution is -2.50. The average molecular weight is 284 g/mol. The van der Waals surface area contributed by atoms with Crippen molar-refractivity contribution in [1.29, 1.82) is 0 Å². The van der Waals surface area contributed by atoms with Crippen LogP contribution in [0.1, 0.15) is 19.8 Å². The molecule has 2 atom stereocenters. The molecule has 19 heavy (non-hydrogen) atoms. The molecule has 2 unspecified atom stereocenters. The van der Waals surface area contributed by atoms with E-state index in [9.17, 15) is 4.79 Å². The Kier molecular flexibility index (Phi) is 6.28. The smallest absolute Gasteiger partial charge is 0.241 e. The molecule has 106 valence electrons. The summed E-state index contributed by atoms with van der Waals surface area (Å²) in [4.78, 5) is 14.3. The van der Waals surface area contributed by atoms with Crippen molar-refractivity contribution >= 4 is 24.0 Å². The van der Waals surface area contributed by atoms with Gasteiger partial charge in [-0.25, -0.2) is 0 Å². The highest BCUT2D eigenvalue weighted by Crippen LogP contribution is 2.13. The maximum absolute atomic E-state index is 12.1. The summed E-state index contributed by atoms with van der Waals surface area (Å²) >= 11 is 0. The van der Waals surface area contributed by atoms with Gasteiger partial charge in [0.1, 0.15) is 0 Å². The lowest BCUT2D eigenvalue weighted by Gasteiger charge is -2.34. The van der Waals surface area contributed by atoms with Crippen molar-refractivity contribution in [2.45, 2.75) is 31.8 Å². The zero-order chi connectivity index (χ0) is 13.0. The summed E-state index contributed by atoms with van der Waals surface area (Å²) in [5, 5.41) is 2.93. The minimum Gasteiger partial charge on any atom is -0.327 e. The lowest BCUT2D eigenvalue weighted by atomic mass is 10.0. The highest BCUT2D eigenvalue weighted by atomic mass is 35.5. The Morgan fingerprint density at radius 2 is 2.11 bits per heavy atom. The molecule has 1 aliphatic rings. The highest BCUT2D eigenvalue weighted by molar-refractivity contribution is 5.94. The van der Waals surface area contributed by atoms with E-state index < -0.39 is 0 Å². The van der Waals surface area contributed by atoms with Gasteiger partial charge in [-0.2, -0.15) is 0 Å². The second-order valence-corrected chi connectivity index (χ2v) is 4.93. The maximum Gasteiger partial charge on any atom is 0.241 e. The van der Waals surface area contributed by atoms with Gasteiger partial charge in [-0.05, 0) is 38.4 Å². The Hall–Kier alpha value is -1.10. The SMILES string of the molecule is CC(C(=O)Nc1ccccc1)N1CCCC(N)C1.Cl. The van der Waals surface area contributed by atoms with Crippen molar-refractivity contribution in [3.05, 3.63) is 30.3 Å². The van der Waals surface area contributed by atoms with Crippen molar-refractivity contribution in [1.82, 2.24) is 4.90 Å². The van der Waals surface area contributed by atoms with Crippen molar-refractivity contribution in [2.75, 3.05) is 18.4 Å². The second-order valence-electron chi connectivity index (χ2n) is 4.93. The Morgan fingerprint density at radius 3 is 2.74 bits per heavy atom. The second kappa shape index (κ2) is 7.48. The topological polar surface area (TPSA) is 58.4 Å². The summed E-state index contributed by atoms with van der Waals surface area (Å²) < 4.78 is 0. The molecule has 4 nitrogen and oxygen atoms in total. The predicted molar refractivity (Wildman–Crippen MR) is 80.6 cm³/mol. The number of para-hydroxylation sites is 1. The molecule has 1 aromatic carbocycles. The minimum absolute atomic E-state index is 0. The number of nitrogens with two attached hydrogens (primary N) is 1. The fourth-order valence-corrected chi connectivity index (χ4v) is 2.33. The third-order valence-corrected chi connectivity index (χ3v) is 3.46. The summed E-state index contributed by atoms with van der Waals surface area (Å²) in [6, 6.07) is 9.62. The van der Waals surface area contributed by atoms with Crippen LogP contribution < -0.4 is 11.1 Å². The fraction of sp³-hybridized carbons (Fsp3) is 0.500. The van der Waals surface area contributed by atoms with Crippen molar-refractivity contribution in [3.8, 4) is 0 Å². The van der Waals surface area contributed by atoms with Crippen LogP contribution in [-0.4, -0.2) is 36.0 Å². The van der Waals surface area contributed by atoms with Gasteiger partial charge < -0.3 is 11.1 Å². The number of likely N-dealkylation sites (tertiary alicyclic amines) is 1. The van der Waals surface area contributed by atoms with E-state index >= 15 is 0 Å². The predicted octanol–water partition coefficient (Wildman–Crippen LogP) is 1.86. The van der Waals surface area contributed by atoms with E-state index in [1.54, 1.807) is 0 Å². The summed E-state index contributed by atoms with van der Waals surface area (Å²) in [5.41, 5.74) is 6.79. The van der Waals surface area contributed by atoms with E-state index in [1.165, 1.54) is 0 Å². The largest absolute Gasteiger partial charge is 0.327 e. The summed E-state index contributed by atoms with van der Waals surface area (Å²) in [6.45, 7) is 3.71. The number of benzene rings is 1. The van der Waals surface area contributed by atoms with Gasteiger partial charge in [-0.15, -0.1) is 12.4 Å². The molecule has 0 aromatic heterocycles. The summed E-state index contributed by atoms with van der Waals surface area (Å²) in [7, 11) is 0. The van der Waals surface area contributed by atoms with Gasteiger partial charge in [0.15, 0.2) is 0 Å². The number of amides is 1. The normalized spacial score (nSPS) is 21.3. The van der Waals surface area contributed by atoms with E-state index in [1.807, 2.05) is 37.3 Å². The molecule has 3 N–H and O–H groups in total. The first-order valence-corrected chi connectivity index (χ1v) is 6.52. The quantitative estimate of drug-likeness (QED) is 0.890. The van der Waals surface area contributed by atoms with Crippen LogP contribution in [0.2, 0.25) is 0 Å². The number of halogens is 1. The number of nitrogens with one attached hydrogen (secondary N) is 1. The molecule has 1 fully saturated rings. The number of anilines is 1. The molecule has 1 amide bonds. The van der Waals surface area contributed by atoms with Gasteiger partial charge in [0.25, 0.3) is 0 Å². The van der Waals surface area contributed by atoms with Gasteiger partial charge in [0.2, 0.25) is 5.91 Å². The molecular formula is C14H22ClN3O. The minimum atomic E-state index is -0.128. The Labute approximate surface area is 120 Å². The Morgan fingerprint density at radius 1 is 1.42 bits per heavy atom. The lowest BCUT2D eigenvalue weighted by molar-refractivity contribution is -0.121. The maximum atomic E-state index is 12.1. The zero-order valence-electron chi connectivity index (χ0n) is 11.2. The van der Waals surface area contributed by atoms with Crippen molar-refractivity contribution in [3.63, 3.8) is 0 Å². The monoisotopic (exact) mass is 283 g/mol. The van der Waals surface area contributed by atoms with Crippen molar-refractivity contribution in [2.24, 2.45) is 5.73 Å². The van der Waals surface area contributed by atoms with E-state index in [0.717, 1.165) is 31.6 Å². The van der Waals surface area contributed by atoms with Crippen LogP contribution >= 0.6 is 12.4 Å². The van der Waals surface area contributed by atoms with Crippen LogP contribution in [0.3, 0.4) is 0 Å². The van der Waals surface area contributed by atoms with Crippen LogP contribution in [0.4, 0.5) is 5.69 Å². The number of piperidine rings is 1. The van der Waals surface area contributed by atoms with Crippen LogP contribution in [0.25, 0.3) is 0 Å². The molecule has 0 bridgehead atoms.